The Kier molecular flexibility index (Phi) is 9.11. The fourth-order valence-corrected chi connectivity index (χ4v) is 1.33. The molecule has 0 amide bonds. The quantitative estimate of drug-likeness (QED) is 0.373. The van der Waals surface area contributed by atoms with Crippen LogP contribution < -0.4 is 0 Å². The first-order valence-corrected chi connectivity index (χ1v) is 5.98. The molecular formula is C13H22O4. The Balaban J connectivity index is 3.36. The lowest BCUT2D eigenvalue weighted by atomic mass is 10.2. The molecule has 0 radical (unpaired) electrons. The van der Waals surface area contributed by atoms with Gasteiger partial charge in [-0.3, -0.25) is 9.59 Å². The van der Waals surface area contributed by atoms with Crippen molar-refractivity contribution in [1.29, 1.82) is 0 Å². The van der Waals surface area contributed by atoms with Gasteiger partial charge in [0.2, 0.25) is 0 Å². The highest BCUT2D eigenvalue weighted by Gasteiger charge is 2.02. The molecule has 1 atom stereocenters. The molecule has 4 nitrogen and oxygen atoms in total. The highest BCUT2D eigenvalue weighted by atomic mass is 16.5. The standard InChI is InChI=1S/C13H22O4/c1-11(17-13(3)15)9-7-5-4-6-8-10-16-12(2)14/h4-5,11H,6-10H2,1-3H3/b5-4-. The molecule has 0 saturated carbocycles. The van der Waals surface area contributed by atoms with E-state index in [0.717, 1.165) is 25.7 Å². The van der Waals surface area contributed by atoms with Crippen LogP contribution in [-0.2, 0) is 19.1 Å². The molecule has 1 unspecified atom stereocenters. The average molecular weight is 242 g/mol. The fourth-order valence-electron chi connectivity index (χ4n) is 1.33. The Labute approximate surface area is 103 Å². The van der Waals surface area contributed by atoms with E-state index in [4.69, 9.17) is 9.47 Å². The molecule has 0 N–H and O–H groups in total. The molecule has 0 aromatic heterocycles. The first-order chi connectivity index (χ1) is 8.02. The van der Waals surface area contributed by atoms with Gasteiger partial charge in [0, 0.05) is 13.8 Å². The van der Waals surface area contributed by atoms with Gasteiger partial charge in [0.15, 0.2) is 0 Å². The predicted octanol–water partition coefficient (Wildman–Crippen LogP) is 2.62. The van der Waals surface area contributed by atoms with Gasteiger partial charge in [0.1, 0.15) is 0 Å². The van der Waals surface area contributed by atoms with Crippen LogP contribution in [0.15, 0.2) is 12.2 Å². The molecule has 98 valence electrons. The maximum absolute atomic E-state index is 10.6. The number of hydrogen-bond acceptors (Lipinski definition) is 4. The summed E-state index contributed by atoms with van der Waals surface area (Å²) in [6, 6.07) is 0. The zero-order valence-corrected chi connectivity index (χ0v) is 10.9. The Bertz CT molecular complexity index is 258. The lowest BCUT2D eigenvalue weighted by Gasteiger charge is -2.09. The van der Waals surface area contributed by atoms with Crippen molar-refractivity contribution in [3.05, 3.63) is 12.2 Å². The number of esters is 2. The molecule has 4 heteroatoms. The first kappa shape index (κ1) is 15.7. The maximum Gasteiger partial charge on any atom is 0.302 e. The zero-order chi connectivity index (χ0) is 13.1. The van der Waals surface area contributed by atoms with E-state index in [-0.39, 0.29) is 18.0 Å². The normalized spacial score (nSPS) is 12.4. The monoisotopic (exact) mass is 242 g/mol. The van der Waals surface area contributed by atoms with Crippen LogP contribution in [0.3, 0.4) is 0 Å². The predicted molar refractivity (Wildman–Crippen MR) is 65.5 cm³/mol. The van der Waals surface area contributed by atoms with Gasteiger partial charge in [-0.15, -0.1) is 0 Å². The second-order valence-corrected chi connectivity index (χ2v) is 3.95. The first-order valence-electron chi connectivity index (χ1n) is 5.98. The summed E-state index contributed by atoms with van der Waals surface area (Å²) in [4.78, 5) is 21.1. The Morgan fingerprint density at radius 3 is 2.35 bits per heavy atom. The van der Waals surface area contributed by atoms with E-state index in [1.54, 1.807) is 0 Å². The molecule has 0 aliphatic heterocycles. The van der Waals surface area contributed by atoms with Crippen molar-refractivity contribution in [1.82, 2.24) is 0 Å². The Morgan fingerprint density at radius 2 is 1.76 bits per heavy atom. The third-order valence-corrected chi connectivity index (χ3v) is 2.09. The lowest BCUT2D eigenvalue weighted by molar-refractivity contribution is -0.145. The van der Waals surface area contributed by atoms with Crippen molar-refractivity contribution in [2.45, 2.75) is 52.6 Å². The molecule has 0 aromatic rings. The van der Waals surface area contributed by atoms with Crippen LogP contribution in [0.1, 0.15) is 46.5 Å². The highest BCUT2D eigenvalue weighted by molar-refractivity contribution is 5.66. The van der Waals surface area contributed by atoms with Crippen molar-refractivity contribution in [3.8, 4) is 0 Å². The van der Waals surface area contributed by atoms with Gasteiger partial charge in [-0.2, -0.15) is 0 Å². The maximum atomic E-state index is 10.6. The van der Waals surface area contributed by atoms with E-state index in [9.17, 15) is 9.59 Å². The van der Waals surface area contributed by atoms with E-state index in [2.05, 4.69) is 12.2 Å². The molecule has 0 spiro atoms. The van der Waals surface area contributed by atoms with Crippen LogP contribution in [0.4, 0.5) is 0 Å². The summed E-state index contributed by atoms with van der Waals surface area (Å²) in [6.07, 6.45) is 7.56. The second-order valence-electron chi connectivity index (χ2n) is 3.95. The molecule has 0 aliphatic carbocycles. The summed E-state index contributed by atoms with van der Waals surface area (Å²) < 4.78 is 9.79. The molecular weight excluding hydrogens is 220 g/mol. The van der Waals surface area contributed by atoms with Gasteiger partial charge in [0.05, 0.1) is 12.7 Å². The highest BCUT2D eigenvalue weighted by Crippen LogP contribution is 2.03. The number of carbonyl (C=O) groups is 2. The minimum absolute atomic E-state index is 0.0294. The summed E-state index contributed by atoms with van der Waals surface area (Å²) in [5, 5.41) is 0. The van der Waals surface area contributed by atoms with Gasteiger partial charge >= 0.3 is 11.9 Å². The summed E-state index contributed by atoms with van der Waals surface area (Å²) in [5.41, 5.74) is 0. The van der Waals surface area contributed by atoms with Crippen LogP contribution in [-0.4, -0.2) is 24.6 Å². The molecule has 0 fully saturated rings. The largest absolute Gasteiger partial charge is 0.466 e. The zero-order valence-electron chi connectivity index (χ0n) is 10.9. The van der Waals surface area contributed by atoms with E-state index < -0.39 is 0 Å². The van der Waals surface area contributed by atoms with Crippen LogP contribution in [0.2, 0.25) is 0 Å². The second kappa shape index (κ2) is 9.87. The van der Waals surface area contributed by atoms with Crippen LogP contribution >= 0.6 is 0 Å². The van der Waals surface area contributed by atoms with Gasteiger partial charge in [-0.1, -0.05) is 12.2 Å². The van der Waals surface area contributed by atoms with Crippen LogP contribution in [0.5, 0.6) is 0 Å². The van der Waals surface area contributed by atoms with Gasteiger partial charge < -0.3 is 9.47 Å². The van der Waals surface area contributed by atoms with Crippen molar-refractivity contribution < 1.29 is 19.1 Å². The summed E-state index contributed by atoms with van der Waals surface area (Å²) >= 11 is 0. The average Bonchev–Trinajstić information content (AvgIpc) is 2.20. The SMILES string of the molecule is CC(=O)OCCC/C=C\CCC(C)OC(C)=O. The molecule has 0 rings (SSSR count). The summed E-state index contributed by atoms with van der Waals surface area (Å²) in [5.74, 6) is -0.466. The van der Waals surface area contributed by atoms with E-state index in [1.165, 1.54) is 13.8 Å². The smallest absolute Gasteiger partial charge is 0.302 e. The van der Waals surface area contributed by atoms with E-state index in [1.807, 2.05) is 6.92 Å². The number of rotatable bonds is 8. The molecule has 0 aromatic carbocycles. The third-order valence-electron chi connectivity index (χ3n) is 2.09. The minimum atomic E-state index is -0.233. The number of carbonyl (C=O) groups excluding carboxylic acids is 2. The van der Waals surface area contributed by atoms with Gasteiger partial charge in [-0.25, -0.2) is 0 Å². The van der Waals surface area contributed by atoms with Crippen molar-refractivity contribution in [2.75, 3.05) is 6.61 Å². The van der Waals surface area contributed by atoms with E-state index >= 15 is 0 Å². The fraction of sp³-hybridized carbons (Fsp3) is 0.692. The van der Waals surface area contributed by atoms with Gasteiger partial charge in [-0.05, 0) is 32.6 Å². The van der Waals surface area contributed by atoms with Crippen molar-refractivity contribution >= 4 is 11.9 Å². The number of allylic oxidation sites excluding steroid dienone is 2. The Morgan fingerprint density at radius 1 is 1.12 bits per heavy atom. The number of unbranched alkanes of at least 4 members (excludes halogenated alkanes) is 1. The third kappa shape index (κ3) is 12.6. The number of hydrogen-bond donors (Lipinski definition) is 0. The summed E-state index contributed by atoms with van der Waals surface area (Å²) in [7, 11) is 0. The van der Waals surface area contributed by atoms with Crippen molar-refractivity contribution in [2.24, 2.45) is 0 Å². The topological polar surface area (TPSA) is 52.6 Å². The van der Waals surface area contributed by atoms with Gasteiger partial charge in [0.25, 0.3) is 0 Å². The Hall–Kier alpha value is -1.32. The number of ether oxygens (including phenoxy) is 2. The van der Waals surface area contributed by atoms with Crippen molar-refractivity contribution in [3.63, 3.8) is 0 Å². The molecule has 0 bridgehead atoms. The van der Waals surface area contributed by atoms with Crippen LogP contribution in [0.25, 0.3) is 0 Å². The molecule has 0 saturated heterocycles. The lowest BCUT2D eigenvalue weighted by Crippen LogP contribution is -2.11. The molecule has 0 aliphatic rings. The molecule has 0 heterocycles. The van der Waals surface area contributed by atoms with E-state index in [0.29, 0.717) is 6.61 Å². The minimum Gasteiger partial charge on any atom is -0.466 e. The molecule has 17 heavy (non-hydrogen) atoms. The summed E-state index contributed by atoms with van der Waals surface area (Å²) in [6.45, 7) is 5.19. The van der Waals surface area contributed by atoms with Crippen LogP contribution in [0, 0.1) is 0 Å².